The molecule has 112 valence electrons. The van der Waals surface area contributed by atoms with Crippen molar-refractivity contribution in [1.82, 2.24) is 5.32 Å². The van der Waals surface area contributed by atoms with Crippen molar-refractivity contribution >= 4 is 15.9 Å². The Morgan fingerprint density at radius 1 is 1.25 bits per heavy atom. The van der Waals surface area contributed by atoms with Gasteiger partial charge in [0.2, 0.25) is 0 Å². The van der Waals surface area contributed by atoms with Gasteiger partial charge in [0.1, 0.15) is 0 Å². The summed E-state index contributed by atoms with van der Waals surface area (Å²) in [7, 11) is 0. The molecule has 0 spiro atoms. The lowest BCUT2D eigenvalue weighted by atomic mass is 10.00. The van der Waals surface area contributed by atoms with E-state index in [0.29, 0.717) is 6.04 Å². The topological polar surface area (TPSA) is 12.0 Å². The van der Waals surface area contributed by atoms with Crippen molar-refractivity contribution in [2.75, 3.05) is 6.54 Å². The smallest absolute Gasteiger partial charge is 0.0207 e. The van der Waals surface area contributed by atoms with E-state index in [-0.39, 0.29) is 0 Å². The minimum atomic E-state index is 0.595. The van der Waals surface area contributed by atoms with Crippen LogP contribution in [0.1, 0.15) is 51.0 Å². The molecule has 0 bridgehead atoms. The van der Waals surface area contributed by atoms with Gasteiger partial charge in [0.15, 0.2) is 0 Å². The average Bonchev–Trinajstić information content (AvgIpc) is 2.46. The van der Waals surface area contributed by atoms with E-state index in [9.17, 15) is 0 Å². The third kappa shape index (κ3) is 7.25. The van der Waals surface area contributed by atoms with Gasteiger partial charge in [-0.05, 0) is 50.3 Å². The highest BCUT2D eigenvalue weighted by atomic mass is 79.9. The van der Waals surface area contributed by atoms with Crippen molar-refractivity contribution in [3.63, 3.8) is 0 Å². The fraction of sp³-hybridized carbons (Fsp3) is 0.556. The minimum absolute atomic E-state index is 0.595. The second kappa shape index (κ2) is 11.1. The Balaban J connectivity index is 2.42. The van der Waals surface area contributed by atoms with Gasteiger partial charge in [0.25, 0.3) is 0 Å². The lowest BCUT2D eigenvalue weighted by molar-refractivity contribution is 0.454. The van der Waals surface area contributed by atoms with Crippen LogP contribution >= 0.6 is 15.9 Å². The van der Waals surface area contributed by atoms with Gasteiger partial charge in [-0.15, -0.1) is 6.58 Å². The van der Waals surface area contributed by atoms with Crippen LogP contribution in [0, 0.1) is 0 Å². The molecule has 0 saturated heterocycles. The van der Waals surface area contributed by atoms with E-state index >= 15 is 0 Å². The summed E-state index contributed by atoms with van der Waals surface area (Å²) < 4.78 is 1.23. The number of rotatable bonds is 11. The molecular weight excluding hydrogens is 310 g/mol. The summed E-state index contributed by atoms with van der Waals surface area (Å²) in [6.07, 6.45) is 10.6. The first kappa shape index (κ1) is 17.5. The molecule has 20 heavy (non-hydrogen) atoms. The molecule has 0 saturated carbocycles. The summed E-state index contributed by atoms with van der Waals surface area (Å²) in [5, 5.41) is 3.70. The Morgan fingerprint density at radius 3 is 2.75 bits per heavy atom. The fourth-order valence-electron chi connectivity index (χ4n) is 2.41. The first-order valence-corrected chi connectivity index (χ1v) is 8.65. The number of nitrogens with one attached hydrogen (secondary N) is 1. The largest absolute Gasteiger partial charge is 0.314 e. The SMILES string of the molecule is C=CCCCCCC(Cc1ccccc1Br)NCCC. The number of hydrogen-bond donors (Lipinski definition) is 1. The number of unbranched alkanes of at least 4 members (excludes halogenated alkanes) is 3. The molecule has 0 amide bonds. The van der Waals surface area contributed by atoms with Crippen LogP contribution in [0.2, 0.25) is 0 Å². The van der Waals surface area contributed by atoms with Gasteiger partial charge in [-0.3, -0.25) is 0 Å². The van der Waals surface area contributed by atoms with Crippen LogP contribution in [0.4, 0.5) is 0 Å². The zero-order chi connectivity index (χ0) is 14.6. The lowest BCUT2D eigenvalue weighted by Gasteiger charge is -2.19. The van der Waals surface area contributed by atoms with E-state index in [4.69, 9.17) is 0 Å². The van der Waals surface area contributed by atoms with Crippen LogP contribution in [0.5, 0.6) is 0 Å². The van der Waals surface area contributed by atoms with Crippen LogP contribution in [-0.2, 0) is 6.42 Å². The van der Waals surface area contributed by atoms with Gasteiger partial charge in [-0.25, -0.2) is 0 Å². The first-order chi connectivity index (χ1) is 9.77. The molecule has 0 aliphatic rings. The zero-order valence-electron chi connectivity index (χ0n) is 12.7. The molecule has 2 heteroatoms. The third-order valence-electron chi connectivity index (χ3n) is 3.57. The van der Waals surface area contributed by atoms with Gasteiger partial charge in [-0.2, -0.15) is 0 Å². The molecule has 1 nitrogen and oxygen atoms in total. The third-order valence-corrected chi connectivity index (χ3v) is 4.34. The molecule has 0 aliphatic heterocycles. The monoisotopic (exact) mass is 337 g/mol. The summed E-state index contributed by atoms with van der Waals surface area (Å²) in [6, 6.07) is 9.16. The molecule has 0 fully saturated rings. The van der Waals surface area contributed by atoms with Crippen LogP contribution in [-0.4, -0.2) is 12.6 Å². The second-order valence-electron chi connectivity index (χ2n) is 5.37. The van der Waals surface area contributed by atoms with E-state index in [1.54, 1.807) is 0 Å². The predicted molar refractivity (Wildman–Crippen MR) is 93.2 cm³/mol. The number of allylic oxidation sites excluding steroid dienone is 1. The van der Waals surface area contributed by atoms with E-state index in [1.807, 2.05) is 6.08 Å². The number of hydrogen-bond acceptors (Lipinski definition) is 1. The highest BCUT2D eigenvalue weighted by Gasteiger charge is 2.10. The summed E-state index contributed by atoms with van der Waals surface area (Å²) in [4.78, 5) is 0. The summed E-state index contributed by atoms with van der Waals surface area (Å²) in [6.45, 7) is 7.12. The summed E-state index contributed by atoms with van der Waals surface area (Å²) in [5.41, 5.74) is 1.41. The highest BCUT2D eigenvalue weighted by Crippen LogP contribution is 2.19. The molecule has 0 aliphatic carbocycles. The van der Waals surface area contributed by atoms with E-state index in [0.717, 1.165) is 19.4 Å². The van der Waals surface area contributed by atoms with Crippen molar-refractivity contribution in [2.45, 2.75) is 57.9 Å². The standard InChI is InChI=1S/C18H28BrN/c1-3-5-6-7-8-12-17(20-14-4-2)15-16-11-9-10-13-18(16)19/h3,9-11,13,17,20H,1,4-8,12,14-15H2,2H3. The molecule has 1 atom stereocenters. The Bertz CT molecular complexity index is 375. The van der Waals surface area contributed by atoms with Crippen molar-refractivity contribution in [3.05, 3.63) is 47.0 Å². The molecule has 1 unspecified atom stereocenters. The van der Waals surface area contributed by atoms with Gasteiger partial charge in [0, 0.05) is 10.5 Å². The second-order valence-corrected chi connectivity index (χ2v) is 6.23. The average molecular weight is 338 g/mol. The summed E-state index contributed by atoms with van der Waals surface area (Å²) in [5.74, 6) is 0. The maximum absolute atomic E-state index is 3.78. The first-order valence-electron chi connectivity index (χ1n) is 7.85. The van der Waals surface area contributed by atoms with Gasteiger partial charge in [-0.1, -0.05) is 60.0 Å². The summed E-state index contributed by atoms with van der Waals surface area (Å²) >= 11 is 3.66. The Labute approximate surface area is 133 Å². The maximum atomic E-state index is 3.78. The van der Waals surface area contributed by atoms with Crippen molar-refractivity contribution in [2.24, 2.45) is 0 Å². The molecule has 0 heterocycles. The molecule has 1 N–H and O–H groups in total. The Hall–Kier alpha value is -0.600. The Morgan fingerprint density at radius 2 is 2.05 bits per heavy atom. The minimum Gasteiger partial charge on any atom is -0.314 e. The fourth-order valence-corrected chi connectivity index (χ4v) is 2.86. The highest BCUT2D eigenvalue weighted by molar-refractivity contribution is 9.10. The number of benzene rings is 1. The molecule has 1 rings (SSSR count). The van der Waals surface area contributed by atoms with Crippen molar-refractivity contribution in [1.29, 1.82) is 0 Å². The Kier molecular flexibility index (Phi) is 9.69. The molecule has 0 radical (unpaired) electrons. The molecule has 1 aromatic carbocycles. The molecule has 0 aromatic heterocycles. The van der Waals surface area contributed by atoms with E-state index < -0.39 is 0 Å². The van der Waals surface area contributed by atoms with Crippen LogP contribution in [0.25, 0.3) is 0 Å². The van der Waals surface area contributed by atoms with E-state index in [2.05, 4.69) is 59.0 Å². The van der Waals surface area contributed by atoms with Crippen molar-refractivity contribution in [3.8, 4) is 0 Å². The maximum Gasteiger partial charge on any atom is 0.0207 e. The van der Waals surface area contributed by atoms with Gasteiger partial charge < -0.3 is 5.32 Å². The normalized spacial score (nSPS) is 12.3. The van der Waals surface area contributed by atoms with Crippen molar-refractivity contribution < 1.29 is 0 Å². The van der Waals surface area contributed by atoms with Crippen LogP contribution in [0.15, 0.2) is 41.4 Å². The van der Waals surface area contributed by atoms with Crippen LogP contribution in [0.3, 0.4) is 0 Å². The van der Waals surface area contributed by atoms with Gasteiger partial charge >= 0.3 is 0 Å². The lowest BCUT2D eigenvalue weighted by Crippen LogP contribution is -2.31. The predicted octanol–water partition coefficient (Wildman–Crippen LogP) is 5.50. The quantitative estimate of drug-likeness (QED) is 0.415. The number of halogens is 1. The van der Waals surface area contributed by atoms with E-state index in [1.165, 1.54) is 42.1 Å². The van der Waals surface area contributed by atoms with Crippen LogP contribution < -0.4 is 5.32 Å². The molecule has 1 aromatic rings. The van der Waals surface area contributed by atoms with Gasteiger partial charge in [0.05, 0.1) is 0 Å². The molecular formula is C18H28BrN. The zero-order valence-corrected chi connectivity index (χ0v) is 14.3.